The topological polar surface area (TPSA) is 64.7 Å². The number of pyridine rings is 1. The highest BCUT2D eigenvalue weighted by atomic mass is 16.2. The number of hydrogen-bond donors (Lipinski definition) is 1. The molecule has 4 rings (SSSR count). The van der Waals surface area contributed by atoms with Crippen LogP contribution in [0.3, 0.4) is 0 Å². The second-order valence-corrected chi connectivity index (χ2v) is 7.44. The van der Waals surface area contributed by atoms with E-state index in [4.69, 9.17) is 5.10 Å². The molecule has 3 heterocycles. The Bertz CT molecular complexity index is 1160. The van der Waals surface area contributed by atoms with Crippen molar-refractivity contribution >= 4 is 16.9 Å². The fourth-order valence-electron chi connectivity index (χ4n) is 3.66. The Labute approximate surface area is 170 Å². The van der Waals surface area contributed by atoms with E-state index in [0.29, 0.717) is 6.54 Å². The monoisotopic (exact) mass is 387 g/mol. The number of aromatic nitrogens is 4. The third kappa shape index (κ3) is 4.06. The standard InChI is InChI=1S/C23H25N5O/c1-16-7-6-8-19(13-16)9-10-24-20(29)15-28-22-21(17(2)14-18(3)25-22)23(26-28)27-11-4-5-12-27/h4-8,11-14H,9-10,15H2,1-3H3,(H,24,29). The molecule has 0 unspecified atom stereocenters. The third-order valence-electron chi connectivity index (χ3n) is 4.97. The largest absolute Gasteiger partial charge is 0.354 e. The van der Waals surface area contributed by atoms with Gasteiger partial charge in [-0.2, -0.15) is 5.10 Å². The molecule has 1 amide bonds. The number of aryl methyl sites for hydroxylation is 3. The summed E-state index contributed by atoms with van der Waals surface area (Å²) in [5.74, 6) is 0.727. The fourth-order valence-corrected chi connectivity index (χ4v) is 3.66. The molecule has 0 saturated heterocycles. The van der Waals surface area contributed by atoms with Crippen LogP contribution in [0.1, 0.15) is 22.4 Å². The normalized spacial score (nSPS) is 11.1. The number of carbonyl (C=O) groups is 1. The number of carbonyl (C=O) groups excluding carboxylic acids is 1. The number of nitrogens with one attached hydrogen (secondary N) is 1. The molecule has 0 aliphatic rings. The Balaban J connectivity index is 1.53. The van der Waals surface area contributed by atoms with Crippen LogP contribution in [0.5, 0.6) is 0 Å². The zero-order valence-electron chi connectivity index (χ0n) is 17.0. The lowest BCUT2D eigenvalue weighted by Crippen LogP contribution is -2.29. The van der Waals surface area contributed by atoms with Crippen molar-refractivity contribution in [2.45, 2.75) is 33.7 Å². The minimum atomic E-state index is -0.0675. The lowest BCUT2D eigenvalue weighted by atomic mass is 10.1. The maximum atomic E-state index is 12.6. The lowest BCUT2D eigenvalue weighted by Gasteiger charge is -2.07. The number of benzene rings is 1. The molecule has 0 saturated carbocycles. The van der Waals surface area contributed by atoms with Crippen molar-refractivity contribution in [3.05, 3.63) is 77.2 Å². The average Bonchev–Trinajstić information content (AvgIpc) is 3.30. The van der Waals surface area contributed by atoms with Crippen molar-refractivity contribution in [1.82, 2.24) is 24.6 Å². The van der Waals surface area contributed by atoms with Gasteiger partial charge in [-0.15, -0.1) is 0 Å². The van der Waals surface area contributed by atoms with E-state index in [1.807, 2.05) is 48.1 Å². The van der Waals surface area contributed by atoms with Crippen LogP contribution in [0.25, 0.3) is 16.9 Å². The van der Waals surface area contributed by atoms with Crippen LogP contribution in [0.4, 0.5) is 0 Å². The first-order valence-corrected chi connectivity index (χ1v) is 9.81. The van der Waals surface area contributed by atoms with Crippen molar-refractivity contribution in [3.8, 4) is 5.82 Å². The first-order chi connectivity index (χ1) is 14.0. The molecule has 0 fully saturated rings. The number of fused-ring (bicyclic) bond motifs is 1. The predicted octanol–water partition coefficient (Wildman–Crippen LogP) is 3.51. The minimum Gasteiger partial charge on any atom is -0.354 e. The van der Waals surface area contributed by atoms with E-state index >= 15 is 0 Å². The van der Waals surface area contributed by atoms with Gasteiger partial charge in [-0.25, -0.2) is 9.67 Å². The highest BCUT2D eigenvalue weighted by Crippen LogP contribution is 2.25. The Kier molecular flexibility index (Phi) is 5.16. The molecule has 4 aromatic rings. The molecular weight excluding hydrogens is 362 g/mol. The molecule has 0 aliphatic heterocycles. The fraction of sp³-hybridized carbons (Fsp3) is 0.261. The van der Waals surface area contributed by atoms with Crippen LogP contribution in [-0.4, -0.2) is 31.8 Å². The average molecular weight is 387 g/mol. The Morgan fingerprint density at radius 1 is 1.07 bits per heavy atom. The molecule has 6 heteroatoms. The van der Waals surface area contributed by atoms with Crippen molar-refractivity contribution < 1.29 is 4.79 Å². The van der Waals surface area contributed by atoms with Gasteiger partial charge in [-0.1, -0.05) is 29.8 Å². The van der Waals surface area contributed by atoms with Crippen LogP contribution < -0.4 is 5.32 Å². The third-order valence-corrected chi connectivity index (χ3v) is 4.97. The molecule has 0 spiro atoms. The van der Waals surface area contributed by atoms with Crippen LogP contribution in [-0.2, 0) is 17.8 Å². The van der Waals surface area contributed by atoms with Gasteiger partial charge in [0.25, 0.3) is 0 Å². The molecule has 0 aliphatic carbocycles. The molecule has 0 bridgehead atoms. The van der Waals surface area contributed by atoms with E-state index < -0.39 is 0 Å². The van der Waals surface area contributed by atoms with Crippen LogP contribution in [0.2, 0.25) is 0 Å². The van der Waals surface area contributed by atoms with Crippen molar-refractivity contribution in [2.75, 3.05) is 6.54 Å². The summed E-state index contributed by atoms with van der Waals surface area (Å²) in [4.78, 5) is 17.2. The molecule has 1 N–H and O–H groups in total. The van der Waals surface area contributed by atoms with Gasteiger partial charge < -0.3 is 9.88 Å². The first-order valence-electron chi connectivity index (χ1n) is 9.81. The van der Waals surface area contributed by atoms with E-state index in [-0.39, 0.29) is 12.5 Å². The van der Waals surface area contributed by atoms with Crippen molar-refractivity contribution in [2.24, 2.45) is 0 Å². The lowest BCUT2D eigenvalue weighted by molar-refractivity contribution is -0.121. The number of rotatable bonds is 6. The molecule has 148 valence electrons. The molecule has 3 aromatic heterocycles. The van der Waals surface area contributed by atoms with Crippen LogP contribution >= 0.6 is 0 Å². The summed E-state index contributed by atoms with van der Waals surface area (Å²) >= 11 is 0. The molecule has 0 atom stereocenters. The number of hydrogen-bond acceptors (Lipinski definition) is 3. The van der Waals surface area contributed by atoms with E-state index in [1.165, 1.54) is 11.1 Å². The zero-order valence-corrected chi connectivity index (χ0v) is 17.0. The van der Waals surface area contributed by atoms with E-state index in [1.54, 1.807) is 4.68 Å². The Hall–Kier alpha value is -3.41. The van der Waals surface area contributed by atoms with E-state index in [0.717, 1.165) is 34.5 Å². The van der Waals surface area contributed by atoms with Crippen molar-refractivity contribution in [1.29, 1.82) is 0 Å². The summed E-state index contributed by atoms with van der Waals surface area (Å²) in [6, 6.07) is 14.3. The second-order valence-electron chi connectivity index (χ2n) is 7.44. The summed E-state index contributed by atoms with van der Waals surface area (Å²) in [6.45, 7) is 6.82. The summed E-state index contributed by atoms with van der Waals surface area (Å²) in [6.07, 6.45) is 4.71. The van der Waals surface area contributed by atoms with Crippen LogP contribution in [0, 0.1) is 20.8 Å². The smallest absolute Gasteiger partial charge is 0.241 e. The highest BCUT2D eigenvalue weighted by Gasteiger charge is 2.17. The second kappa shape index (κ2) is 7.91. The Morgan fingerprint density at radius 2 is 1.86 bits per heavy atom. The van der Waals surface area contributed by atoms with E-state index in [2.05, 4.69) is 42.3 Å². The van der Waals surface area contributed by atoms with Gasteiger partial charge in [0.2, 0.25) is 5.91 Å². The SMILES string of the molecule is Cc1cccc(CCNC(=O)Cn2nc(-n3cccc3)c3c(C)cc(C)nc32)c1. The Morgan fingerprint density at radius 3 is 2.62 bits per heavy atom. The first kappa shape index (κ1) is 18.9. The van der Waals surface area contributed by atoms with Gasteiger partial charge >= 0.3 is 0 Å². The highest BCUT2D eigenvalue weighted by molar-refractivity contribution is 5.88. The summed E-state index contributed by atoms with van der Waals surface area (Å²) in [5, 5.41) is 8.68. The molecule has 1 aromatic carbocycles. The maximum Gasteiger partial charge on any atom is 0.241 e. The van der Waals surface area contributed by atoms with E-state index in [9.17, 15) is 4.79 Å². The van der Waals surface area contributed by atoms with Gasteiger partial charge in [-0.3, -0.25) is 4.79 Å². The van der Waals surface area contributed by atoms with Gasteiger partial charge in [0, 0.05) is 24.6 Å². The van der Waals surface area contributed by atoms with Gasteiger partial charge in [0.1, 0.15) is 6.54 Å². The maximum absolute atomic E-state index is 12.6. The molecule has 0 radical (unpaired) electrons. The van der Waals surface area contributed by atoms with Gasteiger partial charge in [0.05, 0.1) is 5.39 Å². The van der Waals surface area contributed by atoms with Gasteiger partial charge in [-0.05, 0) is 56.5 Å². The quantitative estimate of drug-likeness (QED) is 0.551. The number of amides is 1. The molecule has 6 nitrogen and oxygen atoms in total. The molecular formula is C23H25N5O. The number of nitrogens with zero attached hydrogens (tertiary/aromatic N) is 4. The van der Waals surface area contributed by atoms with Crippen LogP contribution in [0.15, 0.2) is 54.9 Å². The summed E-state index contributed by atoms with van der Waals surface area (Å²) in [5.41, 5.74) is 5.20. The predicted molar refractivity (Wildman–Crippen MR) is 114 cm³/mol. The summed E-state index contributed by atoms with van der Waals surface area (Å²) in [7, 11) is 0. The molecule has 29 heavy (non-hydrogen) atoms. The zero-order chi connectivity index (χ0) is 20.4. The van der Waals surface area contributed by atoms with Crippen molar-refractivity contribution in [3.63, 3.8) is 0 Å². The van der Waals surface area contributed by atoms with Gasteiger partial charge in [0.15, 0.2) is 11.5 Å². The minimum absolute atomic E-state index is 0.0675. The summed E-state index contributed by atoms with van der Waals surface area (Å²) < 4.78 is 3.66.